The van der Waals surface area contributed by atoms with Gasteiger partial charge in [-0.25, -0.2) is 4.79 Å². The second-order valence-corrected chi connectivity index (χ2v) is 4.45. The highest BCUT2D eigenvalue weighted by Crippen LogP contribution is 2.17. The summed E-state index contributed by atoms with van der Waals surface area (Å²) in [6.07, 6.45) is 1.43. The normalized spacial score (nSPS) is 15.7. The molecule has 92 valence electrons. The number of ether oxygens (including phenoxy) is 1. The van der Waals surface area contributed by atoms with Crippen LogP contribution in [0.2, 0.25) is 0 Å². The van der Waals surface area contributed by atoms with E-state index in [9.17, 15) is 4.79 Å². The van der Waals surface area contributed by atoms with Gasteiger partial charge in [0.1, 0.15) is 6.10 Å². The molecule has 0 spiro atoms. The van der Waals surface area contributed by atoms with Crippen LogP contribution in [-0.2, 0) is 16.0 Å². The van der Waals surface area contributed by atoms with E-state index in [0.717, 1.165) is 11.6 Å². The summed E-state index contributed by atoms with van der Waals surface area (Å²) in [6, 6.07) is 9.90. The summed E-state index contributed by atoms with van der Waals surface area (Å²) in [5, 5.41) is 0. The highest BCUT2D eigenvalue weighted by Gasteiger charge is 2.29. The van der Waals surface area contributed by atoms with Crippen LogP contribution in [0.1, 0.15) is 19.4 Å². The molecule has 3 heteroatoms. The first-order chi connectivity index (χ1) is 7.95. The lowest BCUT2D eigenvalue weighted by atomic mass is 9.89. The van der Waals surface area contributed by atoms with E-state index in [1.807, 2.05) is 37.3 Å². The zero-order valence-electron chi connectivity index (χ0n) is 10.3. The van der Waals surface area contributed by atoms with E-state index in [0.29, 0.717) is 6.42 Å². The van der Waals surface area contributed by atoms with Gasteiger partial charge in [0.2, 0.25) is 0 Å². The van der Waals surface area contributed by atoms with E-state index in [1.165, 1.54) is 0 Å². The molecule has 0 saturated heterocycles. The Labute approximate surface area is 102 Å². The Morgan fingerprint density at radius 1 is 1.53 bits per heavy atom. The Bertz CT molecular complexity index is 384. The Morgan fingerprint density at radius 3 is 2.65 bits per heavy atom. The lowest BCUT2D eigenvalue weighted by Crippen LogP contribution is -2.50. The lowest BCUT2D eigenvalue weighted by molar-refractivity contribution is -0.145. The van der Waals surface area contributed by atoms with Crippen molar-refractivity contribution in [1.82, 2.24) is 0 Å². The van der Waals surface area contributed by atoms with Gasteiger partial charge in [-0.2, -0.15) is 0 Å². The molecular formula is C14H19NO2. The molecular weight excluding hydrogens is 214 g/mol. The first-order valence-electron chi connectivity index (χ1n) is 5.61. The molecule has 0 bridgehead atoms. The van der Waals surface area contributed by atoms with Crippen molar-refractivity contribution in [1.29, 1.82) is 0 Å². The predicted molar refractivity (Wildman–Crippen MR) is 68.5 cm³/mol. The zero-order valence-corrected chi connectivity index (χ0v) is 10.3. The quantitative estimate of drug-likeness (QED) is 0.625. The van der Waals surface area contributed by atoms with Gasteiger partial charge in [0, 0.05) is 6.08 Å². The van der Waals surface area contributed by atoms with Gasteiger partial charge in [-0.05, 0) is 25.8 Å². The number of carbonyl (C=O) groups excluding carboxylic acids is 1. The summed E-state index contributed by atoms with van der Waals surface area (Å²) in [5.41, 5.74) is 6.71. The van der Waals surface area contributed by atoms with E-state index in [2.05, 4.69) is 6.58 Å². The molecule has 1 aromatic carbocycles. The minimum atomic E-state index is -0.597. The van der Waals surface area contributed by atoms with Crippen LogP contribution in [0.25, 0.3) is 0 Å². The molecule has 0 fully saturated rings. The Kier molecular flexibility index (Phi) is 4.46. The zero-order chi connectivity index (χ0) is 12.9. The molecule has 3 nitrogen and oxygen atoms in total. The maximum Gasteiger partial charge on any atom is 0.330 e. The van der Waals surface area contributed by atoms with Crippen LogP contribution >= 0.6 is 0 Å². The molecule has 0 aromatic heterocycles. The maximum atomic E-state index is 11.1. The van der Waals surface area contributed by atoms with Crippen molar-refractivity contribution in [3.8, 4) is 0 Å². The van der Waals surface area contributed by atoms with Crippen LogP contribution < -0.4 is 5.73 Å². The standard InChI is InChI=1S/C14H19NO2/c1-4-13(16)17-11(2)14(3,15)10-12-8-6-5-7-9-12/h4-9,11H,1,10,15H2,2-3H3. The first kappa shape index (κ1) is 13.5. The molecule has 2 atom stereocenters. The first-order valence-corrected chi connectivity index (χ1v) is 5.61. The highest BCUT2D eigenvalue weighted by atomic mass is 16.5. The number of esters is 1. The molecule has 1 aromatic rings. The second kappa shape index (κ2) is 5.64. The van der Waals surface area contributed by atoms with Gasteiger partial charge < -0.3 is 10.5 Å². The highest BCUT2D eigenvalue weighted by molar-refractivity contribution is 5.81. The number of carbonyl (C=O) groups is 1. The third-order valence-corrected chi connectivity index (χ3v) is 2.82. The fraction of sp³-hybridized carbons (Fsp3) is 0.357. The second-order valence-electron chi connectivity index (χ2n) is 4.45. The maximum absolute atomic E-state index is 11.1. The summed E-state index contributed by atoms with van der Waals surface area (Å²) in [6.45, 7) is 7.04. The lowest BCUT2D eigenvalue weighted by Gasteiger charge is -2.31. The van der Waals surface area contributed by atoms with E-state index in [-0.39, 0.29) is 6.10 Å². The molecule has 0 aliphatic rings. The molecule has 0 aliphatic carbocycles. The number of nitrogens with two attached hydrogens (primary N) is 1. The third kappa shape index (κ3) is 4.04. The van der Waals surface area contributed by atoms with Crippen molar-refractivity contribution in [2.75, 3.05) is 0 Å². The van der Waals surface area contributed by atoms with Crippen LogP contribution in [-0.4, -0.2) is 17.6 Å². The van der Waals surface area contributed by atoms with Gasteiger partial charge in [-0.3, -0.25) is 0 Å². The monoisotopic (exact) mass is 233 g/mol. The number of hydrogen-bond donors (Lipinski definition) is 1. The summed E-state index contributed by atoms with van der Waals surface area (Å²) in [4.78, 5) is 11.1. The molecule has 0 radical (unpaired) electrons. The molecule has 2 N–H and O–H groups in total. The van der Waals surface area contributed by atoms with Gasteiger partial charge in [0.25, 0.3) is 0 Å². The van der Waals surface area contributed by atoms with Crippen LogP contribution in [0.5, 0.6) is 0 Å². The fourth-order valence-electron chi connectivity index (χ4n) is 1.54. The van der Waals surface area contributed by atoms with E-state index < -0.39 is 11.5 Å². The largest absolute Gasteiger partial charge is 0.458 e. The molecule has 0 aliphatic heterocycles. The van der Waals surface area contributed by atoms with Crippen molar-refractivity contribution in [3.63, 3.8) is 0 Å². The van der Waals surface area contributed by atoms with Crippen molar-refractivity contribution in [2.24, 2.45) is 5.73 Å². The Hall–Kier alpha value is -1.61. The van der Waals surface area contributed by atoms with E-state index in [4.69, 9.17) is 10.5 Å². The third-order valence-electron chi connectivity index (χ3n) is 2.82. The Balaban J connectivity index is 2.67. The molecule has 0 saturated carbocycles. The molecule has 2 unspecified atom stereocenters. The minimum Gasteiger partial charge on any atom is -0.458 e. The van der Waals surface area contributed by atoms with Crippen molar-refractivity contribution < 1.29 is 9.53 Å². The van der Waals surface area contributed by atoms with Crippen LogP contribution in [0, 0.1) is 0 Å². The van der Waals surface area contributed by atoms with Crippen LogP contribution in [0.15, 0.2) is 43.0 Å². The predicted octanol–water partition coefficient (Wildman–Crippen LogP) is 2.06. The SMILES string of the molecule is C=CC(=O)OC(C)C(C)(N)Cc1ccccc1. The summed E-state index contributed by atoms with van der Waals surface area (Å²) in [5.74, 6) is -0.442. The summed E-state index contributed by atoms with van der Waals surface area (Å²) < 4.78 is 5.15. The number of rotatable bonds is 5. The average molecular weight is 233 g/mol. The smallest absolute Gasteiger partial charge is 0.330 e. The number of benzene rings is 1. The van der Waals surface area contributed by atoms with Gasteiger partial charge in [-0.1, -0.05) is 36.9 Å². The van der Waals surface area contributed by atoms with Crippen LogP contribution in [0.3, 0.4) is 0 Å². The topological polar surface area (TPSA) is 52.3 Å². The number of hydrogen-bond acceptors (Lipinski definition) is 3. The van der Waals surface area contributed by atoms with Gasteiger partial charge >= 0.3 is 5.97 Å². The average Bonchev–Trinajstić information content (AvgIpc) is 2.29. The molecule has 0 amide bonds. The van der Waals surface area contributed by atoms with Crippen molar-refractivity contribution in [3.05, 3.63) is 48.6 Å². The molecule has 17 heavy (non-hydrogen) atoms. The summed E-state index contributed by atoms with van der Waals surface area (Å²) >= 11 is 0. The van der Waals surface area contributed by atoms with Gasteiger partial charge in [0.05, 0.1) is 5.54 Å². The Morgan fingerprint density at radius 2 is 2.12 bits per heavy atom. The van der Waals surface area contributed by atoms with Gasteiger partial charge in [-0.15, -0.1) is 0 Å². The molecule has 0 heterocycles. The summed E-state index contributed by atoms with van der Waals surface area (Å²) in [7, 11) is 0. The van der Waals surface area contributed by atoms with Crippen molar-refractivity contribution in [2.45, 2.75) is 31.9 Å². The van der Waals surface area contributed by atoms with E-state index >= 15 is 0 Å². The van der Waals surface area contributed by atoms with Crippen molar-refractivity contribution >= 4 is 5.97 Å². The minimum absolute atomic E-state index is 0.367. The fourth-order valence-corrected chi connectivity index (χ4v) is 1.54. The van der Waals surface area contributed by atoms with E-state index in [1.54, 1.807) is 6.92 Å². The van der Waals surface area contributed by atoms with Gasteiger partial charge in [0.15, 0.2) is 0 Å². The van der Waals surface area contributed by atoms with Crippen LogP contribution in [0.4, 0.5) is 0 Å². The molecule has 1 rings (SSSR count).